The van der Waals surface area contributed by atoms with Crippen molar-refractivity contribution in [3.05, 3.63) is 63.2 Å². The maximum atomic E-state index is 12.4. The molecule has 144 valence electrons. The SMILES string of the molecule is CCN(CC)S(=O)(=O)c1ccc(NC(=O)c2ccc([N+](=O)[O-])cc2Cl)cc1. The summed E-state index contributed by atoms with van der Waals surface area (Å²) in [7, 11) is -3.58. The van der Waals surface area contributed by atoms with Crippen LogP contribution >= 0.6 is 11.6 Å². The van der Waals surface area contributed by atoms with E-state index in [4.69, 9.17) is 11.6 Å². The van der Waals surface area contributed by atoms with Gasteiger partial charge in [-0.25, -0.2) is 8.42 Å². The van der Waals surface area contributed by atoms with Crippen molar-refractivity contribution in [2.75, 3.05) is 18.4 Å². The number of benzene rings is 2. The van der Waals surface area contributed by atoms with Crippen molar-refractivity contribution in [1.29, 1.82) is 0 Å². The first kappa shape index (κ1) is 20.8. The Balaban J connectivity index is 2.19. The summed E-state index contributed by atoms with van der Waals surface area (Å²) in [5.74, 6) is -0.561. The molecule has 0 bridgehead atoms. The van der Waals surface area contributed by atoms with Crippen molar-refractivity contribution < 1.29 is 18.1 Å². The van der Waals surface area contributed by atoms with Crippen LogP contribution in [0, 0.1) is 10.1 Å². The quantitative estimate of drug-likeness (QED) is 0.553. The van der Waals surface area contributed by atoms with Crippen LogP contribution < -0.4 is 5.32 Å². The Morgan fingerprint density at radius 3 is 2.22 bits per heavy atom. The van der Waals surface area contributed by atoms with Crippen molar-refractivity contribution in [3.8, 4) is 0 Å². The number of halogens is 1. The molecule has 0 saturated carbocycles. The number of nitrogens with zero attached hydrogens (tertiary/aromatic N) is 2. The molecule has 0 heterocycles. The van der Waals surface area contributed by atoms with Crippen LogP contribution in [-0.4, -0.2) is 36.6 Å². The van der Waals surface area contributed by atoms with Gasteiger partial charge in [0.05, 0.1) is 20.4 Å². The predicted octanol–water partition coefficient (Wildman–Crippen LogP) is 3.53. The standard InChI is InChI=1S/C17H18ClN3O5S/c1-3-20(4-2)27(25,26)14-8-5-12(6-9-14)19-17(22)15-10-7-13(21(23)24)11-16(15)18/h5-11H,3-4H2,1-2H3,(H,19,22). The van der Waals surface area contributed by atoms with Crippen LogP contribution in [-0.2, 0) is 10.0 Å². The minimum atomic E-state index is -3.58. The second-order valence-electron chi connectivity index (χ2n) is 5.49. The summed E-state index contributed by atoms with van der Waals surface area (Å²) in [4.78, 5) is 22.5. The van der Waals surface area contributed by atoms with Gasteiger partial charge >= 0.3 is 0 Å². The second-order valence-corrected chi connectivity index (χ2v) is 7.83. The third-order valence-electron chi connectivity index (χ3n) is 3.86. The van der Waals surface area contributed by atoms with Crippen molar-refractivity contribution >= 4 is 38.9 Å². The van der Waals surface area contributed by atoms with E-state index in [9.17, 15) is 23.3 Å². The molecule has 10 heteroatoms. The van der Waals surface area contributed by atoms with Gasteiger partial charge < -0.3 is 5.32 Å². The Morgan fingerprint density at radius 1 is 1.15 bits per heavy atom. The van der Waals surface area contributed by atoms with Gasteiger partial charge in [-0.2, -0.15) is 4.31 Å². The third kappa shape index (κ3) is 4.62. The molecule has 0 fully saturated rings. The van der Waals surface area contributed by atoms with E-state index < -0.39 is 20.9 Å². The molecule has 0 aliphatic heterocycles. The molecule has 0 unspecified atom stereocenters. The third-order valence-corrected chi connectivity index (χ3v) is 6.24. The molecule has 0 saturated heterocycles. The minimum absolute atomic E-state index is 0.0533. The van der Waals surface area contributed by atoms with Crippen LogP contribution in [0.15, 0.2) is 47.4 Å². The van der Waals surface area contributed by atoms with Gasteiger partial charge in [0.15, 0.2) is 0 Å². The number of anilines is 1. The van der Waals surface area contributed by atoms with Crippen molar-refractivity contribution in [1.82, 2.24) is 4.31 Å². The highest BCUT2D eigenvalue weighted by molar-refractivity contribution is 7.89. The van der Waals surface area contributed by atoms with E-state index in [1.807, 2.05) is 0 Å². The molecule has 8 nitrogen and oxygen atoms in total. The molecular formula is C17H18ClN3O5S. The van der Waals surface area contributed by atoms with E-state index in [1.54, 1.807) is 13.8 Å². The number of hydrogen-bond donors (Lipinski definition) is 1. The lowest BCUT2D eigenvalue weighted by molar-refractivity contribution is -0.384. The van der Waals surface area contributed by atoms with E-state index in [0.717, 1.165) is 6.07 Å². The van der Waals surface area contributed by atoms with Gasteiger partial charge in [-0.05, 0) is 30.3 Å². The van der Waals surface area contributed by atoms with Crippen molar-refractivity contribution in [2.45, 2.75) is 18.7 Å². The topological polar surface area (TPSA) is 110 Å². The molecule has 0 atom stereocenters. The van der Waals surface area contributed by atoms with Gasteiger partial charge in [-0.1, -0.05) is 25.4 Å². The summed E-state index contributed by atoms with van der Waals surface area (Å²) in [5, 5.41) is 13.3. The fourth-order valence-electron chi connectivity index (χ4n) is 2.42. The molecule has 0 radical (unpaired) electrons. The highest BCUT2D eigenvalue weighted by Gasteiger charge is 2.21. The number of sulfonamides is 1. The normalized spacial score (nSPS) is 11.4. The summed E-state index contributed by atoms with van der Waals surface area (Å²) >= 11 is 5.94. The second kappa shape index (κ2) is 8.47. The van der Waals surface area contributed by atoms with Crippen LogP contribution in [0.2, 0.25) is 5.02 Å². The number of carbonyl (C=O) groups excluding carboxylic acids is 1. The number of rotatable bonds is 7. The van der Waals surface area contributed by atoms with E-state index in [-0.39, 0.29) is 21.2 Å². The Morgan fingerprint density at radius 2 is 1.74 bits per heavy atom. The lowest BCUT2D eigenvalue weighted by atomic mass is 10.2. The molecule has 2 aromatic carbocycles. The molecule has 0 aliphatic rings. The monoisotopic (exact) mass is 411 g/mol. The van der Waals surface area contributed by atoms with E-state index in [1.165, 1.54) is 40.7 Å². The first-order chi connectivity index (χ1) is 12.7. The average molecular weight is 412 g/mol. The minimum Gasteiger partial charge on any atom is -0.322 e. The maximum absolute atomic E-state index is 12.4. The Kier molecular flexibility index (Phi) is 6.53. The average Bonchev–Trinajstić information content (AvgIpc) is 2.62. The van der Waals surface area contributed by atoms with Crippen LogP contribution in [0.4, 0.5) is 11.4 Å². The Labute approximate surface area is 162 Å². The number of amides is 1. The lowest BCUT2D eigenvalue weighted by Gasteiger charge is -2.18. The van der Waals surface area contributed by atoms with Crippen molar-refractivity contribution in [3.63, 3.8) is 0 Å². The van der Waals surface area contributed by atoms with Gasteiger partial charge in [0.1, 0.15) is 0 Å². The molecule has 1 amide bonds. The summed E-state index contributed by atoms with van der Waals surface area (Å²) in [6, 6.07) is 9.27. The maximum Gasteiger partial charge on any atom is 0.270 e. The largest absolute Gasteiger partial charge is 0.322 e. The lowest BCUT2D eigenvalue weighted by Crippen LogP contribution is -2.30. The van der Waals surface area contributed by atoms with Gasteiger partial charge in [-0.15, -0.1) is 0 Å². The Bertz CT molecular complexity index is 957. The molecular weight excluding hydrogens is 394 g/mol. The van der Waals surface area contributed by atoms with Crippen molar-refractivity contribution in [2.24, 2.45) is 0 Å². The first-order valence-electron chi connectivity index (χ1n) is 8.06. The number of non-ortho nitro benzene ring substituents is 1. The Hall–Kier alpha value is -2.49. The number of nitrogens with one attached hydrogen (secondary N) is 1. The van der Waals surface area contributed by atoms with Gasteiger partial charge in [0, 0.05) is 30.9 Å². The predicted molar refractivity (Wildman–Crippen MR) is 103 cm³/mol. The zero-order chi connectivity index (χ0) is 20.2. The summed E-state index contributed by atoms with van der Waals surface area (Å²) in [6.07, 6.45) is 0. The highest BCUT2D eigenvalue weighted by Crippen LogP contribution is 2.24. The van der Waals surface area contributed by atoms with Crippen LogP contribution in [0.25, 0.3) is 0 Å². The van der Waals surface area contributed by atoms with E-state index >= 15 is 0 Å². The zero-order valence-corrected chi connectivity index (χ0v) is 16.2. The molecule has 1 N–H and O–H groups in total. The molecule has 2 rings (SSSR count). The number of nitro groups is 1. The summed E-state index contributed by atoms with van der Waals surface area (Å²) in [6.45, 7) is 4.22. The fraction of sp³-hybridized carbons (Fsp3) is 0.235. The van der Waals surface area contributed by atoms with Gasteiger partial charge in [-0.3, -0.25) is 14.9 Å². The van der Waals surface area contributed by atoms with Gasteiger partial charge in [0.25, 0.3) is 11.6 Å². The van der Waals surface area contributed by atoms with E-state index in [2.05, 4.69) is 5.32 Å². The molecule has 0 spiro atoms. The van der Waals surface area contributed by atoms with Crippen LogP contribution in [0.1, 0.15) is 24.2 Å². The van der Waals surface area contributed by atoms with Crippen LogP contribution in [0.3, 0.4) is 0 Å². The number of nitro benzene ring substituents is 1. The fourth-order valence-corrected chi connectivity index (χ4v) is 4.14. The van der Waals surface area contributed by atoms with Crippen LogP contribution in [0.5, 0.6) is 0 Å². The zero-order valence-electron chi connectivity index (χ0n) is 14.7. The summed E-state index contributed by atoms with van der Waals surface area (Å²) in [5.41, 5.74) is 0.220. The summed E-state index contributed by atoms with van der Waals surface area (Å²) < 4.78 is 26.2. The molecule has 2 aromatic rings. The number of hydrogen-bond acceptors (Lipinski definition) is 5. The first-order valence-corrected chi connectivity index (χ1v) is 9.88. The number of carbonyl (C=O) groups is 1. The smallest absolute Gasteiger partial charge is 0.270 e. The molecule has 27 heavy (non-hydrogen) atoms. The molecule has 0 aromatic heterocycles. The highest BCUT2D eigenvalue weighted by atomic mass is 35.5. The van der Waals surface area contributed by atoms with Gasteiger partial charge in [0.2, 0.25) is 10.0 Å². The van der Waals surface area contributed by atoms with E-state index in [0.29, 0.717) is 18.8 Å². The molecule has 0 aliphatic carbocycles.